The number of benzene rings is 2. The molecule has 0 amide bonds. The fourth-order valence-electron chi connectivity index (χ4n) is 10.5. The van der Waals surface area contributed by atoms with E-state index in [1.165, 1.54) is 0 Å². The van der Waals surface area contributed by atoms with Gasteiger partial charge in [-0.3, -0.25) is 19.0 Å². The van der Waals surface area contributed by atoms with Crippen molar-refractivity contribution in [2.24, 2.45) is 28.6 Å². The third kappa shape index (κ3) is 6.14. The van der Waals surface area contributed by atoms with E-state index in [1.54, 1.807) is 62.4 Å². The Morgan fingerprint density at radius 2 is 1.71 bits per heavy atom. The second-order valence-corrected chi connectivity index (χ2v) is 16.0. The number of nitrogens with zero attached hydrogens (tertiary/aromatic N) is 2. The number of aliphatic hydroxyl groups excluding tert-OH is 3. The van der Waals surface area contributed by atoms with Gasteiger partial charge >= 0.3 is 23.9 Å². The number of esters is 4. The van der Waals surface area contributed by atoms with Crippen molar-refractivity contribution in [3.05, 3.63) is 82.4 Å². The van der Waals surface area contributed by atoms with E-state index in [1.807, 2.05) is 6.07 Å². The zero-order chi connectivity index (χ0) is 42.0. The number of carbonyl (C=O) groups is 5. The molecule has 2 aliphatic heterocycles. The predicted octanol–water partition coefficient (Wildman–Crippen LogP) is 1.94. The molecule has 4 fully saturated rings. The van der Waals surface area contributed by atoms with Crippen LogP contribution in [0, 0.1) is 33.8 Å². The summed E-state index contributed by atoms with van der Waals surface area (Å²) in [5, 5.41) is 50.2. The third-order valence-electron chi connectivity index (χ3n) is 13.1. The third-order valence-corrected chi connectivity index (χ3v) is 13.1. The lowest BCUT2D eigenvalue weighted by molar-refractivity contribution is -0.808. The first-order chi connectivity index (χ1) is 28.2. The molecule has 3 N–H and O–H groups in total. The number of hydrogen-bond donors (Lipinski definition) is 3. The van der Waals surface area contributed by atoms with Crippen LogP contribution in [-0.4, -0.2) is 93.9 Å². The monoisotopic (exact) mass is 818 g/mol. The number of ether oxygens (including phenoxy) is 6. The van der Waals surface area contributed by atoms with Crippen LogP contribution in [0.3, 0.4) is 0 Å². The fourth-order valence-corrected chi connectivity index (χ4v) is 10.5. The first kappa shape index (κ1) is 40.0. The largest absolute Gasteiger partial charge is 0.504 e. The molecular formula is C41H42N2O16. The lowest BCUT2D eigenvalue weighted by atomic mass is 9.38. The summed E-state index contributed by atoms with van der Waals surface area (Å²) >= 11 is 0. The Hall–Kier alpha value is -5.85. The molecule has 3 aliphatic carbocycles. The summed E-state index contributed by atoms with van der Waals surface area (Å²) in [6.45, 7) is 2.72. The van der Waals surface area contributed by atoms with Crippen molar-refractivity contribution < 1.29 is 77.2 Å². The van der Waals surface area contributed by atoms with Crippen molar-refractivity contribution in [3.63, 3.8) is 0 Å². The van der Waals surface area contributed by atoms with Gasteiger partial charge in [-0.15, -0.1) is 0 Å². The number of rotatable bonds is 11. The van der Waals surface area contributed by atoms with Crippen LogP contribution in [0.25, 0.3) is 11.3 Å². The Balaban J connectivity index is 0.924. The van der Waals surface area contributed by atoms with Gasteiger partial charge in [0.1, 0.15) is 24.6 Å². The number of ketones is 1. The minimum Gasteiger partial charge on any atom is -0.504 e. The maximum absolute atomic E-state index is 13.8. The highest BCUT2D eigenvalue weighted by atomic mass is 16.8. The number of Topliss-reactive ketones (excluding diaryl/α,β-unsaturated/α-hetero) is 1. The van der Waals surface area contributed by atoms with Gasteiger partial charge in [0, 0.05) is 28.5 Å². The molecule has 8 rings (SSSR count). The zero-order valence-electron chi connectivity index (χ0n) is 32.2. The molecule has 3 aromatic rings. The summed E-state index contributed by atoms with van der Waals surface area (Å²) in [6, 6.07) is 15.5. The summed E-state index contributed by atoms with van der Waals surface area (Å²) in [6.07, 6.45) is -7.66. The van der Waals surface area contributed by atoms with Crippen LogP contribution in [0.15, 0.2) is 70.6 Å². The molecule has 2 bridgehead atoms. The lowest BCUT2D eigenvalue weighted by Crippen LogP contribution is -2.79. The number of allylic oxidation sites excluding steroid dienone is 2. The second-order valence-electron chi connectivity index (χ2n) is 16.0. The van der Waals surface area contributed by atoms with E-state index >= 15 is 0 Å². The lowest BCUT2D eigenvalue weighted by Gasteiger charge is -2.67. The molecule has 1 spiro atoms. The molecular weight excluding hydrogens is 776 g/mol. The highest BCUT2D eigenvalue weighted by Gasteiger charge is 2.85. The average molecular weight is 819 g/mol. The van der Waals surface area contributed by atoms with Crippen LogP contribution in [0.1, 0.15) is 50.8 Å². The molecule has 312 valence electrons. The van der Waals surface area contributed by atoms with Gasteiger partial charge in [-0.1, -0.05) is 49.4 Å². The average Bonchev–Trinajstić information content (AvgIpc) is 3.75. The second kappa shape index (κ2) is 14.8. The van der Waals surface area contributed by atoms with Gasteiger partial charge in [0.05, 0.1) is 38.6 Å². The van der Waals surface area contributed by atoms with Gasteiger partial charge in [0.25, 0.3) is 5.69 Å². The van der Waals surface area contributed by atoms with Gasteiger partial charge in [-0.05, 0) is 52.8 Å². The molecule has 0 radical (unpaired) electrons. The van der Waals surface area contributed by atoms with Crippen molar-refractivity contribution in [2.75, 3.05) is 13.7 Å². The highest BCUT2D eigenvalue weighted by molar-refractivity contribution is 5.95. The molecule has 2 aromatic carbocycles. The van der Waals surface area contributed by atoms with Gasteiger partial charge in [-0.2, -0.15) is 0 Å². The van der Waals surface area contributed by atoms with Crippen molar-refractivity contribution >= 4 is 29.7 Å². The predicted molar refractivity (Wildman–Crippen MR) is 194 cm³/mol. The standard InChI is InChI=1S/C41H42N2O16/c1-20-24-15-27-40-19-56-41(38(51)53-3,36(49)32(48)34(40)39(24,2)16-26(44)31(20)47)35(40)33(37(50)57-27)58-29(46)14-13-28(45)55-17-21-9-11-23(12-10-21)54-18-25-30(42-59-43(25)52)22-7-5-4-6-8-22/h4-12,24,27,32-36,47-49H,13-19H2,1-3H3/t24-,27+,32+,33+,34+,35+,36-,39-,40+,41+/m0/s1. The maximum atomic E-state index is 13.8. The van der Waals surface area contributed by atoms with Gasteiger partial charge in [0.15, 0.2) is 18.1 Å². The number of aromatic nitrogens is 2. The molecule has 18 heteroatoms. The molecule has 5 aliphatic rings. The summed E-state index contributed by atoms with van der Waals surface area (Å²) in [7, 11) is 1.05. The summed E-state index contributed by atoms with van der Waals surface area (Å²) < 4.78 is 38.7. The van der Waals surface area contributed by atoms with E-state index in [9.17, 15) is 44.5 Å². The summed E-state index contributed by atoms with van der Waals surface area (Å²) in [5.41, 5.74) is -2.78. The number of fused-ring (bicyclic) bond motifs is 2. The Morgan fingerprint density at radius 3 is 2.42 bits per heavy atom. The number of aliphatic hydroxyl groups is 3. The Labute approximate surface area is 336 Å². The van der Waals surface area contributed by atoms with Crippen molar-refractivity contribution in [1.29, 1.82) is 0 Å². The van der Waals surface area contributed by atoms with Crippen molar-refractivity contribution in [2.45, 2.75) is 82.8 Å². The normalized spacial score (nSPS) is 33.0. The molecule has 18 nitrogen and oxygen atoms in total. The molecule has 59 heavy (non-hydrogen) atoms. The van der Waals surface area contributed by atoms with Crippen LogP contribution in [0.2, 0.25) is 0 Å². The topological polar surface area (TPSA) is 254 Å². The number of methoxy groups -OCH3 is 1. The van der Waals surface area contributed by atoms with Crippen LogP contribution in [-0.2, 0) is 60.9 Å². The Morgan fingerprint density at radius 1 is 1.00 bits per heavy atom. The quantitative estimate of drug-likeness (QED) is 0.142. The van der Waals surface area contributed by atoms with Gasteiger partial charge in [-0.25, -0.2) is 9.59 Å². The van der Waals surface area contributed by atoms with Crippen LogP contribution in [0.5, 0.6) is 5.75 Å². The van der Waals surface area contributed by atoms with Gasteiger partial charge < -0.3 is 48.9 Å². The smallest absolute Gasteiger partial charge is 0.348 e. The summed E-state index contributed by atoms with van der Waals surface area (Å²) in [4.78, 5) is 66.9. The summed E-state index contributed by atoms with van der Waals surface area (Å²) in [5.74, 6) is -7.51. The maximum Gasteiger partial charge on any atom is 0.348 e. The van der Waals surface area contributed by atoms with E-state index in [-0.39, 0.29) is 43.3 Å². The van der Waals surface area contributed by atoms with E-state index < -0.39 is 107 Å². The number of carbonyl (C=O) groups excluding carboxylic acids is 5. The minimum absolute atomic E-state index is 0.0874. The van der Waals surface area contributed by atoms with Crippen molar-refractivity contribution in [3.8, 4) is 17.0 Å². The molecule has 3 heterocycles. The molecule has 2 saturated carbocycles. The van der Waals surface area contributed by atoms with Crippen LogP contribution in [0.4, 0.5) is 0 Å². The Kier molecular flexibility index (Phi) is 9.99. The van der Waals surface area contributed by atoms with Crippen LogP contribution < -0.4 is 9.64 Å². The van der Waals surface area contributed by atoms with E-state index in [4.69, 9.17) is 33.1 Å². The molecule has 1 aromatic heterocycles. The number of hydrogen-bond acceptors (Lipinski definition) is 17. The molecule has 2 saturated heterocycles. The van der Waals surface area contributed by atoms with E-state index in [0.717, 1.165) is 7.11 Å². The van der Waals surface area contributed by atoms with E-state index in [2.05, 4.69) is 5.16 Å². The first-order valence-corrected chi connectivity index (χ1v) is 19.1. The van der Waals surface area contributed by atoms with Crippen molar-refractivity contribution in [1.82, 2.24) is 5.16 Å². The Bertz CT molecular complexity index is 2220. The first-order valence-electron chi connectivity index (χ1n) is 19.1. The van der Waals surface area contributed by atoms with E-state index in [0.29, 0.717) is 28.1 Å². The molecule has 10 atom stereocenters. The fraction of sp³-hybridized carbons (Fsp3) is 0.488. The van der Waals surface area contributed by atoms with Crippen LogP contribution >= 0.6 is 0 Å². The highest BCUT2D eigenvalue weighted by Crippen LogP contribution is 2.72. The SMILES string of the molecule is COC(=O)[C@]12OC[C@]34[C@H]([C@@H](O)[C@@H]1O)[C@@]1(C)CC(=O)C(O)=C(C)[C@@H]1C[C@H]3OC(=O)[C@H](OC(=O)CCC(=O)OCc1ccc(OCc3c(-c5ccccc5)no[n+]3[O-])cc1)[C@@H]24. The van der Waals surface area contributed by atoms with Gasteiger partial charge in [0.2, 0.25) is 17.4 Å². The minimum atomic E-state index is -2.36. The zero-order valence-corrected chi connectivity index (χ0v) is 32.2. The molecule has 0 unspecified atom stereocenters.